The molecule has 0 saturated heterocycles. The number of nitrogens with two attached hydrogens (primary N) is 2. The number of nitrogen functional groups attached to an aromatic ring is 1. The molecule has 0 unspecified atom stereocenters. The number of thioether (sulfide) groups is 1. The maximum atomic E-state index is 10.6. The molecule has 1 amide bonds. The minimum absolute atomic E-state index is 0.280. The van der Waals surface area contributed by atoms with E-state index in [2.05, 4.69) is 4.98 Å². The molecule has 6 heteroatoms. The van der Waals surface area contributed by atoms with Crippen LogP contribution in [0.1, 0.15) is 6.42 Å². The highest BCUT2D eigenvalue weighted by Crippen LogP contribution is 2.30. The lowest BCUT2D eigenvalue weighted by molar-refractivity contribution is -0.117. The first-order valence-electron chi connectivity index (χ1n) is 4.72. The highest BCUT2D eigenvalue weighted by molar-refractivity contribution is 8.01. The standard InChI is InChI=1S/C10H11N3OS2/c11-6-1-2-7-8(5-6)16-10(13-7)15-4-3-9(12)14/h1-2,5H,3-4,11H2,(H2,12,14). The third-order valence-corrected chi connectivity index (χ3v) is 4.13. The van der Waals surface area contributed by atoms with Crippen LogP contribution in [0.15, 0.2) is 22.5 Å². The number of amides is 1. The van der Waals surface area contributed by atoms with Crippen LogP contribution in [0.3, 0.4) is 0 Å². The van der Waals surface area contributed by atoms with Crippen molar-refractivity contribution in [1.82, 2.24) is 4.98 Å². The second kappa shape index (κ2) is 4.71. The summed E-state index contributed by atoms with van der Waals surface area (Å²) in [5.41, 5.74) is 12.4. The number of anilines is 1. The number of carbonyl (C=O) groups is 1. The lowest BCUT2D eigenvalue weighted by Gasteiger charge is -1.92. The highest BCUT2D eigenvalue weighted by Gasteiger charge is 2.05. The first-order chi connectivity index (χ1) is 7.65. The van der Waals surface area contributed by atoms with Crippen LogP contribution in [0.4, 0.5) is 5.69 Å². The molecule has 4 nitrogen and oxygen atoms in total. The van der Waals surface area contributed by atoms with Gasteiger partial charge < -0.3 is 11.5 Å². The van der Waals surface area contributed by atoms with Crippen LogP contribution in [0.25, 0.3) is 10.2 Å². The van der Waals surface area contributed by atoms with Gasteiger partial charge in [0.05, 0.1) is 10.2 Å². The second-order valence-corrected chi connectivity index (χ2v) is 5.64. The van der Waals surface area contributed by atoms with Crippen molar-refractivity contribution in [3.63, 3.8) is 0 Å². The smallest absolute Gasteiger partial charge is 0.218 e. The van der Waals surface area contributed by atoms with E-state index in [1.54, 1.807) is 23.1 Å². The third kappa shape index (κ3) is 2.65. The van der Waals surface area contributed by atoms with Crippen molar-refractivity contribution < 1.29 is 4.79 Å². The van der Waals surface area contributed by atoms with Gasteiger partial charge in [-0.15, -0.1) is 11.3 Å². The third-order valence-electron chi connectivity index (χ3n) is 1.97. The van der Waals surface area contributed by atoms with E-state index in [0.717, 1.165) is 20.2 Å². The summed E-state index contributed by atoms with van der Waals surface area (Å²) in [6.07, 6.45) is 0.378. The van der Waals surface area contributed by atoms with Gasteiger partial charge in [-0.25, -0.2) is 4.98 Å². The van der Waals surface area contributed by atoms with E-state index >= 15 is 0 Å². The average Bonchev–Trinajstić information content (AvgIpc) is 2.58. The molecular formula is C10H11N3OS2. The molecule has 4 N–H and O–H groups in total. The summed E-state index contributed by atoms with van der Waals surface area (Å²) in [4.78, 5) is 15.0. The van der Waals surface area contributed by atoms with Crippen LogP contribution in [0, 0.1) is 0 Å². The van der Waals surface area contributed by atoms with E-state index < -0.39 is 0 Å². The number of rotatable bonds is 4. The SMILES string of the molecule is NC(=O)CCSc1nc2ccc(N)cc2s1. The zero-order valence-electron chi connectivity index (χ0n) is 8.47. The van der Waals surface area contributed by atoms with Gasteiger partial charge in [-0.2, -0.15) is 0 Å². The Labute approximate surface area is 101 Å². The van der Waals surface area contributed by atoms with Crippen LogP contribution in [0.5, 0.6) is 0 Å². The van der Waals surface area contributed by atoms with Crippen LogP contribution >= 0.6 is 23.1 Å². The molecule has 0 fully saturated rings. The molecular weight excluding hydrogens is 242 g/mol. The van der Waals surface area contributed by atoms with Crippen molar-refractivity contribution in [2.24, 2.45) is 5.73 Å². The lowest BCUT2D eigenvalue weighted by Crippen LogP contribution is -2.10. The Morgan fingerprint density at radius 3 is 3.06 bits per heavy atom. The van der Waals surface area contributed by atoms with Gasteiger partial charge >= 0.3 is 0 Å². The number of hydrogen-bond donors (Lipinski definition) is 2. The predicted octanol–water partition coefficient (Wildman–Crippen LogP) is 1.85. The molecule has 0 saturated carbocycles. The summed E-state index contributed by atoms with van der Waals surface area (Å²) < 4.78 is 2.02. The van der Waals surface area contributed by atoms with Crippen molar-refractivity contribution in [2.75, 3.05) is 11.5 Å². The number of carbonyl (C=O) groups excluding carboxylic acids is 1. The van der Waals surface area contributed by atoms with Gasteiger partial charge in [0.15, 0.2) is 4.34 Å². The first-order valence-corrected chi connectivity index (χ1v) is 6.52. The molecule has 0 spiro atoms. The molecule has 1 aromatic carbocycles. The van der Waals surface area contributed by atoms with E-state index in [1.165, 1.54) is 0 Å². The Hall–Kier alpha value is -1.27. The summed E-state index contributed by atoms with van der Waals surface area (Å²) in [7, 11) is 0. The number of aromatic nitrogens is 1. The van der Waals surface area contributed by atoms with Gasteiger partial charge in [-0.1, -0.05) is 11.8 Å². The molecule has 0 atom stereocenters. The summed E-state index contributed by atoms with van der Waals surface area (Å²) in [5, 5.41) is 0. The zero-order valence-corrected chi connectivity index (χ0v) is 10.1. The molecule has 84 valence electrons. The molecule has 2 aromatic rings. The molecule has 0 bridgehead atoms. The van der Waals surface area contributed by atoms with Gasteiger partial charge in [-0.3, -0.25) is 4.79 Å². The Kier molecular flexibility index (Phi) is 3.31. The fourth-order valence-electron chi connectivity index (χ4n) is 1.22. The monoisotopic (exact) mass is 253 g/mol. The molecule has 2 rings (SSSR count). The minimum Gasteiger partial charge on any atom is -0.399 e. The van der Waals surface area contributed by atoms with Crippen molar-refractivity contribution in [3.05, 3.63) is 18.2 Å². The zero-order chi connectivity index (χ0) is 11.5. The average molecular weight is 253 g/mol. The summed E-state index contributed by atoms with van der Waals surface area (Å²) in [5.74, 6) is 0.392. The van der Waals surface area contributed by atoms with Crippen LogP contribution in [-0.4, -0.2) is 16.6 Å². The number of primary amides is 1. The number of hydrogen-bond acceptors (Lipinski definition) is 5. The van der Waals surface area contributed by atoms with E-state index in [1.807, 2.05) is 18.2 Å². The fraction of sp³-hybridized carbons (Fsp3) is 0.200. The second-order valence-electron chi connectivity index (χ2n) is 3.27. The topological polar surface area (TPSA) is 82.0 Å². The van der Waals surface area contributed by atoms with Crippen LogP contribution in [-0.2, 0) is 4.79 Å². The predicted molar refractivity (Wildman–Crippen MR) is 68.6 cm³/mol. The molecule has 16 heavy (non-hydrogen) atoms. The van der Waals surface area contributed by atoms with E-state index in [0.29, 0.717) is 12.2 Å². The van der Waals surface area contributed by atoms with E-state index in [9.17, 15) is 4.79 Å². The Morgan fingerprint density at radius 1 is 1.50 bits per heavy atom. The Morgan fingerprint density at radius 2 is 2.31 bits per heavy atom. The highest BCUT2D eigenvalue weighted by atomic mass is 32.2. The van der Waals surface area contributed by atoms with Crippen molar-refractivity contribution in [3.8, 4) is 0 Å². The summed E-state index contributed by atoms with van der Waals surface area (Å²) in [6.45, 7) is 0. The Balaban J connectivity index is 2.10. The molecule has 0 aliphatic carbocycles. The van der Waals surface area contributed by atoms with Gasteiger partial charge in [0.1, 0.15) is 0 Å². The van der Waals surface area contributed by atoms with E-state index in [-0.39, 0.29) is 5.91 Å². The molecule has 1 aromatic heterocycles. The molecule has 0 aliphatic rings. The van der Waals surface area contributed by atoms with Crippen molar-refractivity contribution in [2.45, 2.75) is 10.8 Å². The van der Waals surface area contributed by atoms with Gasteiger partial charge in [-0.05, 0) is 18.2 Å². The van der Waals surface area contributed by atoms with Crippen LogP contribution in [0.2, 0.25) is 0 Å². The first kappa shape index (κ1) is 11.2. The maximum absolute atomic E-state index is 10.6. The summed E-state index contributed by atoms with van der Waals surface area (Å²) in [6, 6.07) is 5.64. The molecule has 0 radical (unpaired) electrons. The van der Waals surface area contributed by atoms with Crippen molar-refractivity contribution >= 4 is 44.9 Å². The largest absolute Gasteiger partial charge is 0.399 e. The fourth-order valence-corrected chi connectivity index (χ4v) is 3.36. The number of thiazole rings is 1. The normalized spacial score (nSPS) is 10.8. The lowest BCUT2D eigenvalue weighted by atomic mass is 10.3. The number of nitrogens with zero attached hydrogens (tertiary/aromatic N) is 1. The van der Waals surface area contributed by atoms with Gasteiger partial charge in [0.2, 0.25) is 5.91 Å². The number of fused-ring (bicyclic) bond motifs is 1. The van der Waals surface area contributed by atoms with Gasteiger partial charge in [0.25, 0.3) is 0 Å². The molecule has 0 aliphatic heterocycles. The van der Waals surface area contributed by atoms with E-state index in [4.69, 9.17) is 11.5 Å². The summed E-state index contributed by atoms with van der Waals surface area (Å²) >= 11 is 3.13. The number of benzene rings is 1. The quantitative estimate of drug-likeness (QED) is 0.643. The van der Waals surface area contributed by atoms with Crippen LogP contribution < -0.4 is 11.5 Å². The molecule has 1 heterocycles. The minimum atomic E-state index is -0.280. The van der Waals surface area contributed by atoms with Gasteiger partial charge in [0, 0.05) is 17.9 Å². The Bertz CT molecular complexity index is 524. The van der Waals surface area contributed by atoms with Crippen molar-refractivity contribution in [1.29, 1.82) is 0 Å². The maximum Gasteiger partial charge on any atom is 0.218 e.